The van der Waals surface area contributed by atoms with Crippen LogP contribution in [-0.2, 0) is 7.05 Å². The zero-order valence-electron chi connectivity index (χ0n) is 4.74. The Morgan fingerprint density at radius 3 is 2.67 bits per heavy atom. The predicted molar refractivity (Wildman–Crippen MR) is 33.8 cm³/mol. The lowest BCUT2D eigenvalue weighted by Gasteiger charge is -1.95. The first kappa shape index (κ1) is 6.41. The van der Waals surface area contributed by atoms with Crippen molar-refractivity contribution in [3.63, 3.8) is 0 Å². The number of aromatic nitrogens is 2. The van der Waals surface area contributed by atoms with Gasteiger partial charge >= 0.3 is 0 Å². The minimum absolute atomic E-state index is 0.00412. The Hall–Kier alpha value is -0.710. The van der Waals surface area contributed by atoms with Gasteiger partial charge in [-0.15, -0.1) is 3.89 Å². The summed E-state index contributed by atoms with van der Waals surface area (Å²) in [7, 11) is 1.49. The summed E-state index contributed by atoms with van der Waals surface area (Å²) in [5.41, 5.74) is -0.208. The van der Waals surface area contributed by atoms with Gasteiger partial charge in [-0.3, -0.25) is 4.79 Å². The van der Waals surface area contributed by atoms with Crippen molar-refractivity contribution in [3.05, 3.63) is 22.6 Å². The summed E-state index contributed by atoms with van der Waals surface area (Å²) in [4.78, 5) is 10.6. The van der Waals surface area contributed by atoms with E-state index in [1.54, 1.807) is 0 Å². The molecule has 0 aliphatic heterocycles. The summed E-state index contributed by atoms with van der Waals surface area (Å²) in [6.45, 7) is 0. The van der Waals surface area contributed by atoms with Crippen molar-refractivity contribution in [3.8, 4) is 0 Å². The van der Waals surface area contributed by atoms with E-state index < -0.39 is 0 Å². The van der Waals surface area contributed by atoms with Crippen LogP contribution in [-0.4, -0.2) is 8.77 Å². The second-order valence-electron chi connectivity index (χ2n) is 1.55. The van der Waals surface area contributed by atoms with Gasteiger partial charge in [-0.05, 0) is 0 Å². The van der Waals surface area contributed by atoms with Crippen LogP contribution in [0.2, 0.25) is 0 Å². The van der Waals surface area contributed by atoms with Crippen molar-refractivity contribution in [2.75, 3.05) is 0 Å². The Morgan fingerprint density at radius 1 is 1.78 bits per heavy atom. The maximum absolute atomic E-state index is 11.7. The van der Waals surface area contributed by atoms with Gasteiger partial charge in [-0.25, -0.2) is 8.77 Å². The largest absolute Gasteiger partial charge is 0.268 e. The van der Waals surface area contributed by atoms with Gasteiger partial charge in [-0.2, -0.15) is 0 Å². The molecule has 9 heavy (non-hydrogen) atoms. The highest BCUT2D eigenvalue weighted by Gasteiger charge is 1.95. The Labute approximate surface area is 55.5 Å². The molecule has 0 atom stereocenters. The molecule has 0 saturated carbocycles. The second kappa shape index (κ2) is 2.26. The van der Waals surface area contributed by atoms with Crippen LogP contribution in [0, 0.1) is 0 Å². The van der Waals surface area contributed by atoms with Gasteiger partial charge in [0.05, 0.1) is 0 Å². The third-order valence-electron chi connectivity index (χ3n) is 1.03. The van der Waals surface area contributed by atoms with Crippen LogP contribution in [0.4, 0.5) is 3.89 Å². The number of halogens is 1. The average Bonchev–Trinajstić information content (AvgIpc) is 2.15. The molecule has 0 bridgehead atoms. The Bertz CT molecular complexity index is 253. The van der Waals surface area contributed by atoms with Crippen LogP contribution >= 0.6 is 12.3 Å². The summed E-state index contributed by atoms with van der Waals surface area (Å²) >= 11 is -0.00412. The molecule has 50 valence electrons. The van der Waals surface area contributed by atoms with E-state index in [1.807, 2.05) is 0 Å². The number of rotatable bonds is 1. The van der Waals surface area contributed by atoms with Crippen LogP contribution in [0.3, 0.4) is 0 Å². The van der Waals surface area contributed by atoms with Crippen LogP contribution in [0.5, 0.6) is 0 Å². The molecule has 0 N–H and O–H groups in total. The molecule has 1 aromatic heterocycles. The highest BCUT2D eigenvalue weighted by molar-refractivity contribution is 7.92. The summed E-state index contributed by atoms with van der Waals surface area (Å²) in [6.07, 6.45) is 1.37. The molecular weight excluding hydrogens is 143 g/mol. The van der Waals surface area contributed by atoms with Gasteiger partial charge < -0.3 is 0 Å². The van der Waals surface area contributed by atoms with Crippen LogP contribution in [0.15, 0.2) is 17.1 Å². The molecule has 0 unspecified atom stereocenters. The van der Waals surface area contributed by atoms with Gasteiger partial charge in [0, 0.05) is 19.3 Å². The van der Waals surface area contributed by atoms with Gasteiger partial charge in [-0.1, -0.05) is 0 Å². The van der Waals surface area contributed by atoms with E-state index >= 15 is 0 Å². The van der Waals surface area contributed by atoms with Crippen LogP contribution < -0.4 is 5.56 Å². The molecule has 0 fully saturated rings. The Kier molecular flexibility index (Phi) is 1.61. The normalized spacial score (nSPS) is 10.0. The Balaban J connectivity index is 3.20. The molecule has 3 nitrogen and oxygen atoms in total. The fraction of sp³-hybridized carbons (Fsp3) is 0.250. The highest BCUT2D eigenvalue weighted by atomic mass is 32.2. The summed E-state index contributed by atoms with van der Waals surface area (Å²) in [6, 6.07) is 1.30. The van der Waals surface area contributed by atoms with Crippen LogP contribution in [0.25, 0.3) is 0 Å². The lowest BCUT2D eigenvalue weighted by molar-refractivity contribution is 0.686. The summed E-state index contributed by atoms with van der Waals surface area (Å²) in [5.74, 6) is 0. The SMILES string of the molecule is Cn1c(=O)ccn1SF. The standard InChI is InChI=1S/C4H5FN2OS/c1-6-4(8)2-3-7(6)9-5/h2-3H,1H3. The molecule has 1 aromatic rings. The van der Waals surface area contributed by atoms with E-state index in [2.05, 4.69) is 0 Å². The van der Waals surface area contributed by atoms with E-state index in [0.717, 1.165) is 4.09 Å². The lowest BCUT2D eigenvalue weighted by atomic mass is 10.7. The summed E-state index contributed by atoms with van der Waals surface area (Å²) in [5, 5.41) is 0. The molecule has 0 saturated heterocycles. The van der Waals surface area contributed by atoms with E-state index in [0.29, 0.717) is 0 Å². The first-order chi connectivity index (χ1) is 4.25. The molecule has 0 amide bonds. The highest BCUT2D eigenvalue weighted by Crippen LogP contribution is 2.02. The van der Waals surface area contributed by atoms with Gasteiger partial charge in [0.2, 0.25) is 0 Å². The molecular formula is C4H5FN2OS. The van der Waals surface area contributed by atoms with Gasteiger partial charge in [0.25, 0.3) is 5.56 Å². The molecule has 5 heteroatoms. The predicted octanol–water partition coefficient (Wildman–Crippen LogP) is 0.568. The van der Waals surface area contributed by atoms with Crippen molar-refractivity contribution < 1.29 is 3.89 Å². The molecule has 1 heterocycles. The third kappa shape index (κ3) is 0.999. The molecule has 0 spiro atoms. The van der Waals surface area contributed by atoms with Gasteiger partial charge in [0.1, 0.15) is 0 Å². The van der Waals surface area contributed by atoms with Gasteiger partial charge in [0.15, 0.2) is 12.3 Å². The van der Waals surface area contributed by atoms with Crippen LogP contribution in [0.1, 0.15) is 0 Å². The smallest absolute Gasteiger partial charge is 0.267 e. The maximum atomic E-state index is 11.7. The van der Waals surface area contributed by atoms with E-state index in [9.17, 15) is 8.68 Å². The van der Waals surface area contributed by atoms with Crippen molar-refractivity contribution in [2.45, 2.75) is 0 Å². The van der Waals surface area contributed by atoms with Crippen molar-refractivity contribution in [1.29, 1.82) is 0 Å². The number of hydrogen-bond donors (Lipinski definition) is 0. The molecule has 1 rings (SSSR count). The van der Waals surface area contributed by atoms with Crippen molar-refractivity contribution in [1.82, 2.24) is 8.77 Å². The zero-order valence-corrected chi connectivity index (χ0v) is 5.56. The summed E-state index contributed by atoms with van der Waals surface area (Å²) < 4.78 is 14.0. The quantitative estimate of drug-likeness (QED) is 0.582. The topological polar surface area (TPSA) is 26.9 Å². The Morgan fingerprint density at radius 2 is 2.44 bits per heavy atom. The molecule has 0 aromatic carbocycles. The van der Waals surface area contributed by atoms with Crippen molar-refractivity contribution >= 4 is 12.3 Å². The maximum Gasteiger partial charge on any atom is 0.267 e. The van der Waals surface area contributed by atoms with E-state index in [-0.39, 0.29) is 17.9 Å². The fourth-order valence-corrected chi connectivity index (χ4v) is 0.782. The average molecular weight is 148 g/mol. The zero-order chi connectivity index (χ0) is 6.85. The number of hydrogen-bond acceptors (Lipinski definition) is 2. The second-order valence-corrected chi connectivity index (χ2v) is 2.06. The van der Waals surface area contributed by atoms with E-state index in [1.165, 1.54) is 24.0 Å². The monoisotopic (exact) mass is 148 g/mol. The minimum atomic E-state index is -0.208. The third-order valence-corrected chi connectivity index (χ3v) is 1.54. The molecule has 0 radical (unpaired) electrons. The number of nitrogens with zero attached hydrogens (tertiary/aromatic N) is 2. The van der Waals surface area contributed by atoms with E-state index in [4.69, 9.17) is 0 Å². The minimum Gasteiger partial charge on any atom is -0.268 e. The first-order valence-corrected chi connectivity index (χ1v) is 2.97. The lowest BCUT2D eigenvalue weighted by Crippen LogP contribution is -2.14. The van der Waals surface area contributed by atoms with Crippen molar-refractivity contribution in [2.24, 2.45) is 7.05 Å². The first-order valence-electron chi connectivity index (χ1n) is 2.29. The molecule has 0 aliphatic rings. The fourth-order valence-electron chi connectivity index (χ4n) is 0.502. The molecule has 0 aliphatic carbocycles.